The Balaban J connectivity index is 1.21. The molecule has 5 rings (SSSR count). The Bertz CT molecular complexity index is 1310. The van der Waals surface area contributed by atoms with E-state index in [0.29, 0.717) is 28.2 Å². The van der Waals surface area contributed by atoms with Crippen molar-refractivity contribution in [3.63, 3.8) is 0 Å². The molecule has 1 aliphatic heterocycles. The molecule has 1 aliphatic carbocycles. The van der Waals surface area contributed by atoms with E-state index in [1.165, 1.54) is 18.2 Å². The standard InChI is InChI=1S/C32H38N2O6S/c1-2-38-30(36)19-26(35)25(17-21-9-5-3-6-10-21)34-31(37)29-20-33-32(41-29)39-24-14-16-28-23(18-24)13-15-27(40-28)22-11-7-4-8-12-22/h4,7-8,11-12,14,16,18,20-21,25-27,35H,2-3,5-6,9-10,13,15,17,19H2,1H3,(H,34,37)/t25-,26-,27-/m0/s1. The van der Waals surface area contributed by atoms with Gasteiger partial charge < -0.3 is 24.6 Å². The first-order chi connectivity index (χ1) is 20.0. The smallest absolute Gasteiger partial charge is 0.308 e. The van der Waals surface area contributed by atoms with Crippen LogP contribution < -0.4 is 14.8 Å². The van der Waals surface area contributed by atoms with Gasteiger partial charge in [-0.05, 0) is 61.4 Å². The number of ether oxygens (including phenoxy) is 3. The van der Waals surface area contributed by atoms with E-state index in [1.807, 2.05) is 36.4 Å². The van der Waals surface area contributed by atoms with Crippen molar-refractivity contribution in [3.05, 3.63) is 70.7 Å². The molecule has 1 amide bonds. The summed E-state index contributed by atoms with van der Waals surface area (Å²) in [5.74, 6) is 1.07. The highest BCUT2D eigenvalue weighted by atomic mass is 32.1. The van der Waals surface area contributed by atoms with Crippen LogP contribution in [0.3, 0.4) is 0 Å². The predicted molar refractivity (Wildman–Crippen MR) is 156 cm³/mol. The summed E-state index contributed by atoms with van der Waals surface area (Å²) in [6, 6.07) is 15.4. The van der Waals surface area contributed by atoms with Crippen LogP contribution in [0.1, 0.15) is 85.2 Å². The minimum absolute atomic E-state index is 0.0354. The number of carbonyl (C=O) groups is 2. The molecule has 2 heterocycles. The topological polar surface area (TPSA) is 107 Å². The highest BCUT2D eigenvalue weighted by Gasteiger charge is 2.29. The van der Waals surface area contributed by atoms with Crippen LogP contribution in [0.4, 0.5) is 0 Å². The zero-order valence-corrected chi connectivity index (χ0v) is 24.2. The van der Waals surface area contributed by atoms with E-state index < -0.39 is 18.1 Å². The molecule has 0 bridgehead atoms. The van der Waals surface area contributed by atoms with Gasteiger partial charge >= 0.3 is 5.97 Å². The van der Waals surface area contributed by atoms with Gasteiger partial charge in [0.05, 0.1) is 31.4 Å². The number of carbonyl (C=O) groups excluding carboxylic acids is 2. The van der Waals surface area contributed by atoms with Gasteiger partial charge in [0.1, 0.15) is 22.5 Å². The predicted octanol–water partition coefficient (Wildman–Crippen LogP) is 6.38. The Morgan fingerprint density at radius 3 is 2.71 bits per heavy atom. The molecule has 3 atom stereocenters. The molecule has 2 aliphatic rings. The van der Waals surface area contributed by atoms with Crippen LogP contribution in [0.25, 0.3) is 0 Å². The maximum absolute atomic E-state index is 13.2. The maximum atomic E-state index is 13.2. The highest BCUT2D eigenvalue weighted by Crippen LogP contribution is 2.38. The lowest BCUT2D eigenvalue weighted by Crippen LogP contribution is -2.45. The van der Waals surface area contributed by atoms with E-state index in [9.17, 15) is 14.7 Å². The Hall–Kier alpha value is -3.43. The number of hydrogen-bond acceptors (Lipinski definition) is 8. The van der Waals surface area contributed by atoms with Gasteiger partial charge in [0.2, 0.25) is 0 Å². The fourth-order valence-electron chi connectivity index (χ4n) is 5.71. The molecule has 1 saturated carbocycles. The fraction of sp³-hybridized carbons (Fsp3) is 0.469. The van der Waals surface area contributed by atoms with Crippen molar-refractivity contribution in [1.82, 2.24) is 10.3 Å². The number of benzene rings is 2. The van der Waals surface area contributed by atoms with Gasteiger partial charge in [0.15, 0.2) is 0 Å². The molecule has 0 unspecified atom stereocenters. The van der Waals surface area contributed by atoms with Gasteiger partial charge in [-0.15, -0.1) is 0 Å². The molecule has 1 aromatic heterocycles. The average molecular weight is 579 g/mol. The molecule has 0 spiro atoms. The molecule has 3 aromatic rings. The second kappa shape index (κ2) is 14.0. The number of aliphatic hydroxyl groups excluding tert-OH is 1. The number of thiazole rings is 1. The van der Waals surface area contributed by atoms with Gasteiger partial charge in [-0.3, -0.25) is 9.59 Å². The first-order valence-corrected chi connectivity index (χ1v) is 15.4. The number of aryl methyl sites for hydroxylation is 1. The maximum Gasteiger partial charge on any atom is 0.308 e. The molecule has 41 heavy (non-hydrogen) atoms. The van der Waals surface area contributed by atoms with E-state index >= 15 is 0 Å². The Kier molecular flexibility index (Phi) is 9.90. The normalized spacial score (nSPS) is 18.4. The van der Waals surface area contributed by atoms with Crippen LogP contribution in [-0.2, 0) is 16.0 Å². The van der Waals surface area contributed by atoms with Crippen LogP contribution in [0.5, 0.6) is 16.7 Å². The number of nitrogens with zero attached hydrogens (tertiary/aromatic N) is 1. The van der Waals surface area contributed by atoms with Crippen molar-refractivity contribution in [1.29, 1.82) is 0 Å². The first kappa shape index (κ1) is 29.1. The molecule has 2 aromatic carbocycles. The van der Waals surface area contributed by atoms with Crippen LogP contribution >= 0.6 is 11.3 Å². The van der Waals surface area contributed by atoms with Gasteiger partial charge in [-0.1, -0.05) is 73.8 Å². The summed E-state index contributed by atoms with van der Waals surface area (Å²) in [4.78, 5) is 29.9. The van der Waals surface area contributed by atoms with E-state index in [2.05, 4.69) is 22.4 Å². The van der Waals surface area contributed by atoms with Gasteiger partial charge in [-0.25, -0.2) is 4.98 Å². The van der Waals surface area contributed by atoms with Crippen LogP contribution in [-0.4, -0.2) is 40.7 Å². The van der Waals surface area contributed by atoms with Crippen LogP contribution in [0, 0.1) is 5.92 Å². The monoisotopic (exact) mass is 578 g/mol. The third-order valence-corrected chi connectivity index (χ3v) is 8.71. The number of rotatable bonds is 11. The number of esters is 1. The quantitative estimate of drug-likeness (QED) is 0.254. The van der Waals surface area contributed by atoms with E-state index in [-0.39, 0.29) is 25.0 Å². The van der Waals surface area contributed by atoms with E-state index in [1.54, 1.807) is 6.92 Å². The zero-order chi connectivity index (χ0) is 28.6. The van der Waals surface area contributed by atoms with Crippen molar-refractivity contribution in [2.45, 2.75) is 83.0 Å². The van der Waals surface area contributed by atoms with Crippen molar-refractivity contribution < 1.29 is 28.9 Å². The fourth-order valence-corrected chi connectivity index (χ4v) is 6.40. The third-order valence-electron chi connectivity index (χ3n) is 7.84. The van der Waals surface area contributed by atoms with Gasteiger partial charge in [0.25, 0.3) is 11.1 Å². The summed E-state index contributed by atoms with van der Waals surface area (Å²) in [5, 5.41) is 14.2. The lowest BCUT2D eigenvalue weighted by molar-refractivity contribution is -0.145. The number of fused-ring (bicyclic) bond motifs is 1. The highest BCUT2D eigenvalue weighted by molar-refractivity contribution is 7.15. The molecule has 218 valence electrons. The number of hydrogen-bond donors (Lipinski definition) is 2. The molecule has 0 saturated heterocycles. The molecule has 9 heteroatoms. The summed E-state index contributed by atoms with van der Waals surface area (Å²) in [5.41, 5.74) is 2.24. The second-order valence-corrected chi connectivity index (χ2v) is 11.8. The lowest BCUT2D eigenvalue weighted by atomic mass is 9.83. The van der Waals surface area contributed by atoms with Crippen molar-refractivity contribution in [2.75, 3.05) is 6.61 Å². The van der Waals surface area contributed by atoms with Crippen LogP contribution in [0.2, 0.25) is 0 Å². The number of nitrogens with one attached hydrogen (secondary N) is 1. The van der Waals surface area contributed by atoms with Gasteiger partial charge in [-0.2, -0.15) is 0 Å². The zero-order valence-electron chi connectivity index (χ0n) is 23.4. The molecule has 2 N–H and O–H groups in total. The summed E-state index contributed by atoms with van der Waals surface area (Å²) in [7, 11) is 0. The summed E-state index contributed by atoms with van der Waals surface area (Å²) >= 11 is 1.14. The van der Waals surface area contributed by atoms with Crippen molar-refractivity contribution >= 4 is 23.2 Å². The van der Waals surface area contributed by atoms with Crippen molar-refractivity contribution in [3.8, 4) is 16.7 Å². The van der Waals surface area contributed by atoms with E-state index in [4.69, 9.17) is 14.2 Å². The lowest BCUT2D eigenvalue weighted by Gasteiger charge is -2.29. The van der Waals surface area contributed by atoms with E-state index in [0.717, 1.165) is 61.2 Å². The average Bonchev–Trinajstić information content (AvgIpc) is 3.46. The van der Waals surface area contributed by atoms with Gasteiger partial charge in [0, 0.05) is 0 Å². The number of aliphatic hydroxyl groups is 1. The second-order valence-electron chi connectivity index (χ2n) is 10.8. The Labute approximate surface area is 245 Å². The SMILES string of the molecule is CCOC(=O)C[C@H](O)[C@H](CC1CCCCC1)NC(=O)c1cnc(Oc2ccc3c(c2)CC[C@@H](c2ccccc2)O3)s1. The summed E-state index contributed by atoms with van der Waals surface area (Å²) in [6.07, 6.45) is 8.36. The molecular weight excluding hydrogens is 540 g/mol. The number of aromatic nitrogens is 1. The molecule has 1 fully saturated rings. The minimum atomic E-state index is -1.03. The summed E-state index contributed by atoms with van der Waals surface area (Å²) in [6.45, 7) is 1.98. The first-order valence-electron chi connectivity index (χ1n) is 14.6. The van der Waals surface area contributed by atoms with Crippen LogP contribution in [0.15, 0.2) is 54.7 Å². The molecule has 8 nitrogen and oxygen atoms in total. The minimum Gasteiger partial charge on any atom is -0.485 e. The third kappa shape index (κ3) is 7.86. The van der Waals surface area contributed by atoms with Crippen molar-refractivity contribution in [2.24, 2.45) is 5.92 Å². The molecular formula is C32H38N2O6S. The summed E-state index contributed by atoms with van der Waals surface area (Å²) < 4.78 is 17.3. The Morgan fingerprint density at radius 2 is 1.93 bits per heavy atom. The largest absolute Gasteiger partial charge is 0.485 e. The number of amides is 1. The Morgan fingerprint density at radius 1 is 1.12 bits per heavy atom. The molecule has 0 radical (unpaired) electrons.